The Morgan fingerprint density at radius 2 is 2.26 bits per heavy atom. The number of carbonyl (C=O) groups is 1. The third-order valence-electron chi connectivity index (χ3n) is 3.42. The molecule has 5 heteroatoms. The summed E-state index contributed by atoms with van der Waals surface area (Å²) in [4.78, 5) is 11.7. The Kier molecular flexibility index (Phi) is 3.93. The van der Waals surface area contributed by atoms with E-state index in [2.05, 4.69) is 12.2 Å². The molecule has 0 radical (unpaired) electrons. The summed E-state index contributed by atoms with van der Waals surface area (Å²) >= 11 is 0. The lowest BCUT2D eigenvalue weighted by Crippen LogP contribution is -2.12. The van der Waals surface area contributed by atoms with Crippen molar-refractivity contribution in [1.29, 1.82) is 0 Å². The zero-order valence-corrected chi connectivity index (χ0v) is 11.2. The maximum atomic E-state index is 13.8. The van der Waals surface area contributed by atoms with Crippen molar-refractivity contribution in [3.8, 4) is 0 Å². The molecule has 4 nitrogen and oxygen atoms in total. The van der Waals surface area contributed by atoms with E-state index in [1.54, 1.807) is 6.92 Å². The summed E-state index contributed by atoms with van der Waals surface area (Å²) in [6.45, 7) is 4.08. The first-order valence-corrected chi connectivity index (χ1v) is 6.59. The molecule has 0 heterocycles. The van der Waals surface area contributed by atoms with Gasteiger partial charge in [0.1, 0.15) is 5.82 Å². The van der Waals surface area contributed by atoms with Gasteiger partial charge in [0.15, 0.2) is 0 Å². The Hall–Kier alpha value is -1.78. The highest BCUT2D eigenvalue weighted by Crippen LogP contribution is 2.37. The van der Waals surface area contributed by atoms with Gasteiger partial charge in [-0.3, -0.25) is 0 Å². The molecule has 3 N–H and O–H groups in total. The predicted molar refractivity (Wildman–Crippen MR) is 72.6 cm³/mol. The first-order chi connectivity index (χ1) is 9.06. The molecule has 2 rings (SSSR count). The second kappa shape index (κ2) is 5.47. The van der Waals surface area contributed by atoms with Crippen LogP contribution in [0.4, 0.5) is 15.8 Å². The number of nitrogen functional groups attached to an aromatic ring is 1. The molecule has 1 aromatic rings. The maximum absolute atomic E-state index is 13.8. The molecule has 0 amide bonds. The average molecular weight is 266 g/mol. The number of carbonyl (C=O) groups excluding carboxylic acids is 1. The monoisotopic (exact) mass is 266 g/mol. The molecular weight excluding hydrogens is 247 g/mol. The molecule has 2 unspecified atom stereocenters. The number of halogens is 1. The minimum Gasteiger partial charge on any atom is -0.462 e. The van der Waals surface area contributed by atoms with Crippen molar-refractivity contribution >= 4 is 17.3 Å². The summed E-state index contributed by atoms with van der Waals surface area (Å²) in [5.74, 6) is -0.374. The van der Waals surface area contributed by atoms with Gasteiger partial charge in [0, 0.05) is 11.7 Å². The van der Waals surface area contributed by atoms with Crippen molar-refractivity contribution in [3.05, 3.63) is 23.5 Å². The molecule has 19 heavy (non-hydrogen) atoms. The van der Waals surface area contributed by atoms with E-state index in [4.69, 9.17) is 10.5 Å². The molecule has 0 bridgehead atoms. The van der Waals surface area contributed by atoms with E-state index in [1.807, 2.05) is 0 Å². The van der Waals surface area contributed by atoms with Crippen LogP contribution in [0.1, 0.15) is 37.0 Å². The van der Waals surface area contributed by atoms with Gasteiger partial charge >= 0.3 is 5.97 Å². The lowest BCUT2D eigenvalue weighted by molar-refractivity contribution is 0.0527. The summed E-state index contributed by atoms with van der Waals surface area (Å²) in [6, 6.07) is 2.89. The Morgan fingerprint density at radius 1 is 1.53 bits per heavy atom. The summed E-state index contributed by atoms with van der Waals surface area (Å²) in [5.41, 5.74) is 6.28. The first-order valence-electron chi connectivity index (χ1n) is 6.59. The van der Waals surface area contributed by atoms with Gasteiger partial charge in [0.25, 0.3) is 0 Å². The quantitative estimate of drug-likeness (QED) is 0.635. The second-order valence-electron chi connectivity index (χ2n) is 4.79. The molecule has 104 valence electrons. The van der Waals surface area contributed by atoms with Crippen molar-refractivity contribution in [3.63, 3.8) is 0 Å². The lowest BCUT2D eigenvalue weighted by atomic mass is 10.1. The third kappa shape index (κ3) is 2.97. The van der Waals surface area contributed by atoms with E-state index in [0.717, 1.165) is 18.9 Å². The number of rotatable bonds is 5. The molecule has 1 fully saturated rings. The lowest BCUT2D eigenvalue weighted by Gasteiger charge is -2.11. The summed E-state index contributed by atoms with van der Waals surface area (Å²) < 4.78 is 18.7. The predicted octanol–water partition coefficient (Wildman–Crippen LogP) is 2.79. The van der Waals surface area contributed by atoms with Gasteiger partial charge in [-0.25, -0.2) is 9.18 Å². The highest BCUT2D eigenvalue weighted by Gasteiger charge is 2.35. The minimum absolute atomic E-state index is 0.101. The number of benzene rings is 1. The number of nitrogens with two attached hydrogens (primary N) is 1. The molecule has 1 saturated carbocycles. The third-order valence-corrected chi connectivity index (χ3v) is 3.42. The van der Waals surface area contributed by atoms with Gasteiger partial charge in [-0.15, -0.1) is 0 Å². The standard InChI is InChI=1S/C14H19FN2O2/c1-3-8-5-12(8)17-13-6-9(14(18)19-4-2)11(16)7-10(13)15/h6-8,12,17H,3-5,16H2,1-2H3. The van der Waals surface area contributed by atoms with Crippen LogP contribution < -0.4 is 11.1 Å². The van der Waals surface area contributed by atoms with Crippen LogP contribution >= 0.6 is 0 Å². The SMILES string of the molecule is CCOC(=O)c1cc(NC2CC2CC)c(F)cc1N. The van der Waals surface area contributed by atoms with Crippen LogP contribution in [0.5, 0.6) is 0 Å². The van der Waals surface area contributed by atoms with E-state index in [-0.39, 0.29) is 23.9 Å². The van der Waals surface area contributed by atoms with Gasteiger partial charge < -0.3 is 15.8 Å². The number of nitrogens with one attached hydrogen (secondary N) is 1. The molecule has 1 aliphatic carbocycles. The largest absolute Gasteiger partial charge is 0.462 e. The summed E-state index contributed by atoms with van der Waals surface area (Å²) in [7, 11) is 0. The van der Waals surface area contributed by atoms with Crippen LogP contribution in [0.3, 0.4) is 0 Å². The Morgan fingerprint density at radius 3 is 2.84 bits per heavy atom. The van der Waals surface area contributed by atoms with Gasteiger partial charge in [-0.2, -0.15) is 0 Å². The van der Waals surface area contributed by atoms with Crippen LogP contribution in [-0.4, -0.2) is 18.6 Å². The Bertz CT molecular complexity index is 491. The minimum atomic E-state index is -0.522. The molecule has 0 aromatic heterocycles. The zero-order chi connectivity index (χ0) is 14.0. The topological polar surface area (TPSA) is 64.3 Å². The molecule has 1 aromatic carbocycles. The fraction of sp³-hybridized carbons (Fsp3) is 0.500. The summed E-state index contributed by atoms with van der Waals surface area (Å²) in [6.07, 6.45) is 2.11. The number of anilines is 2. The van der Waals surface area contributed by atoms with Gasteiger partial charge in [-0.1, -0.05) is 13.3 Å². The fourth-order valence-corrected chi connectivity index (χ4v) is 2.16. The normalized spacial score (nSPS) is 21.0. The molecule has 0 aliphatic heterocycles. The fourth-order valence-electron chi connectivity index (χ4n) is 2.16. The van der Waals surface area contributed by atoms with E-state index in [1.165, 1.54) is 6.07 Å². The first kappa shape index (κ1) is 13.6. The van der Waals surface area contributed by atoms with Crippen LogP contribution in [0.15, 0.2) is 12.1 Å². The molecule has 0 spiro atoms. The smallest absolute Gasteiger partial charge is 0.340 e. The van der Waals surface area contributed by atoms with Crippen LogP contribution in [-0.2, 0) is 4.74 Å². The van der Waals surface area contributed by atoms with Crippen molar-refractivity contribution < 1.29 is 13.9 Å². The number of ether oxygens (including phenoxy) is 1. The van der Waals surface area contributed by atoms with Gasteiger partial charge in [-0.05, 0) is 31.4 Å². The average Bonchev–Trinajstić information content (AvgIpc) is 3.11. The molecule has 2 atom stereocenters. The molecule has 1 aliphatic rings. The van der Waals surface area contributed by atoms with Crippen molar-refractivity contribution in [2.75, 3.05) is 17.7 Å². The number of hydrogen-bond acceptors (Lipinski definition) is 4. The van der Waals surface area contributed by atoms with Crippen LogP contribution in [0, 0.1) is 11.7 Å². The molecule has 0 saturated heterocycles. The Balaban J connectivity index is 2.19. The van der Waals surface area contributed by atoms with Crippen LogP contribution in [0.2, 0.25) is 0 Å². The number of hydrogen-bond donors (Lipinski definition) is 2. The number of esters is 1. The summed E-state index contributed by atoms with van der Waals surface area (Å²) in [5, 5.41) is 3.11. The second-order valence-corrected chi connectivity index (χ2v) is 4.79. The van der Waals surface area contributed by atoms with Crippen LogP contribution in [0.25, 0.3) is 0 Å². The Labute approximate surface area is 112 Å². The van der Waals surface area contributed by atoms with Crippen molar-refractivity contribution in [2.45, 2.75) is 32.7 Å². The highest BCUT2D eigenvalue weighted by molar-refractivity contribution is 5.96. The zero-order valence-electron chi connectivity index (χ0n) is 11.2. The van der Waals surface area contributed by atoms with Crippen molar-refractivity contribution in [2.24, 2.45) is 5.92 Å². The van der Waals surface area contributed by atoms with E-state index in [9.17, 15) is 9.18 Å². The highest BCUT2D eigenvalue weighted by atomic mass is 19.1. The van der Waals surface area contributed by atoms with E-state index in [0.29, 0.717) is 11.6 Å². The van der Waals surface area contributed by atoms with E-state index >= 15 is 0 Å². The van der Waals surface area contributed by atoms with E-state index < -0.39 is 11.8 Å². The van der Waals surface area contributed by atoms with Gasteiger partial charge in [0.2, 0.25) is 0 Å². The van der Waals surface area contributed by atoms with Crippen molar-refractivity contribution in [1.82, 2.24) is 0 Å². The maximum Gasteiger partial charge on any atom is 0.340 e. The van der Waals surface area contributed by atoms with Gasteiger partial charge in [0.05, 0.1) is 17.9 Å². The molecular formula is C14H19FN2O2.